The van der Waals surface area contributed by atoms with Crippen LogP contribution in [0, 0.1) is 5.92 Å². The monoisotopic (exact) mass is 206 g/mol. The summed E-state index contributed by atoms with van der Waals surface area (Å²) in [5, 5.41) is 0. The van der Waals surface area contributed by atoms with Crippen LogP contribution in [0.1, 0.15) is 19.8 Å². The second kappa shape index (κ2) is 3.92. The van der Waals surface area contributed by atoms with Crippen LogP contribution >= 0.6 is 0 Å². The molecule has 2 aliphatic heterocycles. The van der Waals surface area contributed by atoms with Gasteiger partial charge in [-0.15, -0.1) is 0 Å². The van der Waals surface area contributed by atoms with E-state index in [1.165, 1.54) is 0 Å². The molecule has 5 nitrogen and oxygen atoms in total. The minimum absolute atomic E-state index is 0.0317. The van der Waals surface area contributed by atoms with Crippen molar-refractivity contribution in [3.05, 3.63) is 0 Å². The highest BCUT2D eigenvalue weighted by Gasteiger charge is 2.19. The number of nitrogens with zero attached hydrogens (tertiary/aromatic N) is 4. The van der Waals surface area contributed by atoms with Crippen molar-refractivity contribution >= 4 is 23.9 Å². The number of rotatable bonds is 0. The van der Waals surface area contributed by atoms with Gasteiger partial charge in [-0.2, -0.15) is 4.99 Å². The molecule has 2 aliphatic rings. The Labute approximate surface area is 88.6 Å². The number of carbonyl (C=O) groups excluding carboxylic acids is 1. The Hall–Kier alpha value is -1.52. The molecule has 1 saturated heterocycles. The van der Waals surface area contributed by atoms with E-state index in [0.717, 1.165) is 25.2 Å². The van der Waals surface area contributed by atoms with Gasteiger partial charge in [0.05, 0.1) is 5.92 Å². The molecular weight excluding hydrogens is 192 g/mol. The summed E-state index contributed by atoms with van der Waals surface area (Å²) in [5.41, 5.74) is 0. The molecule has 0 spiro atoms. The van der Waals surface area contributed by atoms with Gasteiger partial charge in [0.1, 0.15) is 11.7 Å². The lowest BCUT2D eigenvalue weighted by atomic mass is 10.1. The predicted molar refractivity (Wildman–Crippen MR) is 59.8 cm³/mol. The number of hydrogen-bond donors (Lipinski definition) is 0. The Balaban J connectivity index is 2.20. The van der Waals surface area contributed by atoms with E-state index in [9.17, 15) is 4.79 Å². The maximum absolute atomic E-state index is 11.0. The van der Waals surface area contributed by atoms with Crippen molar-refractivity contribution in [2.45, 2.75) is 19.8 Å². The molecule has 1 atom stereocenters. The van der Waals surface area contributed by atoms with Gasteiger partial charge in [-0.05, 0) is 6.42 Å². The average Bonchev–Trinajstić information content (AvgIpc) is 2.58. The zero-order valence-electron chi connectivity index (χ0n) is 8.97. The molecule has 5 heteroatoms. The maximum atomic E-state index is 11.0. The van der Waals surface area contributed by atoms with Crippen LogP contribution in [0.25, 0.3) is 0 Å². The van der Waals surface area contributed by atoms with Gasteiger partial charge in [0.2, 0.25) is 0 Å². The molecule has 15 heavy (non-hydrogen) atoms. The van der Waals surface area contributed by atoms with Crippen molar-refractivity contribution in [3.8, 4) is 0 Å². The fourth-order valence-corrected chi connectivity index (χ4v) is 1.67. The summed E-state index contributed by atoms with van der Waals surface area (Å²) < 4.78 is 0. The van der Waals surface area contributed by atoms with Gasteiger partial charge in [0.15, 0.2) is 0 Å². The third-order valence-corrected chi connectivity index (χ3v) is 2.60. The van der Waals surface area contributed by atoms with E-state index >= 15 is 0 Å². The Morgan fingerprint density at radius 3 is 3.07 bits per heavy atom. The first-order valence-corrected chi connectivity index (χ1v) is 5.12. The lowest BCUT2D eigenvalue weighted by molar-refractivity contribution is 0.256. The minimum atomic E-state index is -0.451. The molecule has 0 aromatic rings. The van der Waals surface area contributed by atoms with E-state index < -0.39 is 6.03 Å². The number of amides is 2. The highest BCUT2D eigenvalue weighted by Crippen LogP contribution is 2.12. The standard InChI is InChI=1S/C10H14N4O/c1-7-6-11-10(15)13-9(7)12-8-4-3-5-14(8)2/h6-7H,3-5H2,1-2H3. The minimum Gasteiger partial charge on any atom is -0.363 e. The third kappa shape index (κ3) is 2.11. The summed E-state index contributed by atoms with van der Waals surface area (Å²) in [6.45, 7) is 2.97. The lowest BCUT2D eigenvalue weighted by Gasteiger charge is -2.14. The number of likely N-dealkylation sites (tertiary alicyclic amines) is 1. The number of carbonyl (C=O) groups is 1. The molecule has 1 fully saturated rings. The largest absolute Gasteiger partial charge is 0.368 e. The van der Waals surface area contributed by atoms with E-state index in [1.54, 1.807) is 6.21 Å². The van der Waals surface area contributed by atoms with Gasteiger partial charge in [0.25, 0.3) is 0 Å². The average molecular weight is 206 g/mol. The molecule has 80 valence electrons. The lowest BCUT2D eigenvalue weighted by Crippen LogP contribution is -2.24. The van der Waals surface area contributed by atoms with Gasteiger partial charge < -0.3 is 4.90 Å². The van der Waals surface area contributed by atoms with Crippen molar-refractivity contribution in [2.24, 2.45) is 20.9 Å². The summed E-state index contributed by atoms with van der Waals surface area (Å²) in [4.78, 5) is 25.0. The predicted octanol–water partition coefficient (Wildman–Crippen LogP) is 1.35. The van der Waals surface area contributed by atoms with Gasteiger partial charge in [-0.25, -0.2) is 14.8 Å². The highest BCUT2D eigenvalue weighted by atomic mass is 16.2. The smallest absolute Gasteiger partial charge is 0.363 e. The fraction of sp³-hybridized carbons (Fsp3) is 0.600. The van der Waals surface area contributed by atoms with Crippen LogP contribution < -0.4 is 0 Å². The van der Waals surface area contributed by atoms with Crippen LogP contribution in [0.2, 0.25) is 0 Å². The topological polar surface area (TPSA) is 57.4 Å². The zero-order valence-corrected chi connectivity index (χ0v) is 8.97. The molecule has 0 N–H and O–H groups in total. The van der Waals surface area contributed by atoms with E-state index in [0.29, 0.717) is 5.84 Å². The maximum Gasteiger partial charge on any atom is 0.368 e. The SMILES string of the molecule is CC1C=NC(=O)N=C1N=C1CCCN1C. The van der Waals surface area contributed by atoms with Crippen molar-refractivity contribution in [1.82, 2.24) is 4.90 Å². The molecule has 0 radical (unpaired) electrons. The van der Waals surface area contributed by atoms with Crippen molar-refractivity contribution in [3.63, 3.8) is 0 Å². The summed E-state index contributed by atoms with van der Waals surface area (Å²) in [7, 11) is 2.01. The summed E-state index contributed by atoms with van der Waals surface area (Å²) in [6.07, 6.45) is 3.69. The van der Waals surface area contributed by atoms with Gasteiger partial charge in [-0.1, -0.05) is 6.92 Å². The van der Waals surface area contributed by atoms with Crippen molar-refractivity contribution < 1.29 is 4.79 Å². The summed E-state index contributed by atoms with van der Waals surface area (Å²) in [5.74, 6) is 1.63. The first-order chi connectivity index (χ1) is 7.16. The molecule has 0 aromatic heterocycles. The Bertz CT molecular complexity index is 370. The molecular formula is C10H14N4O. The molecule has 0 aromatic carbocycles. The Kier molecular flexibility index (Phi) is 2.62. The van der Waals surface area contributed by atoms with E-state index in [-0.39, 0.29) is 5.92 Å². The number of hydrogen-bond acceptors (Lipinski definition) is 2. The Morgan fingerprint density at radius 1 is 1.60 bits per heavy atom. The first-order valence-electron chi connectivity index (χ1n) is 5.12. The number of amidine groups is 2. The van der Waals surface area contributed by atoms with Crippen molar-refractivity contribution in [1.29, 1.82) is 0 Å². The molecule has 0 aliphatic carbocycles. The molecule has 1 unspecified atom stereocenters. The van der Waals surface area contributed by atoms with Crippen LogP contribution in [0.5, 0.6) is 0 Å². The molecule has 0 saturated carbocycles. The second-order valence-electron chi connectivity index (χ2n) is 3.87. The normalized spacial score (nSPS) is 28.8. The van der Waals surface area contributed by atoms with Gasteiger partial charge in [0, 0.05) is 26.2 Å². The summed E-state index contributed by atoms with van der Waals surface area (Å²) in [6, 6.07) is -0.451. The van der Waals surface area contributed by atoms with E-state index in [1.807, 2.05) is 14.0 Å². The van der Waals surface area contributed by atoms with Crippen LogP contribution in [-0.4, -0.2) is 42.4 Å². The van der Waals surface area contributed by atoms with Crippen LogP contribution in [0.4, 0.5) is 4.79 Å². The van der Waals surface area contributed by atoms with Crippen molar-refractivity contribution in [2.75, 3.05) is 13.6 Å². The first kappa shape index (κ1) is 10.0. The zero-order chi connectivity index (χ0) is 10.8. The fourth-order valence-electron chi connectivity index (χ4n) is 1.67. The Morgan fingerprint density at radius 2 is 2.40 bits per heavy atom. The van der Waals surface area contributed by atoms with E-state index in [4.69, 9.17) is 0 Å². The highest BCUT2D eigenvalue weighted by molar-refractivity contribution is 6.12. The van der Waals surface area contributed by atoms with E-state index in [2.05, 4.69) is 19.9 Å². The number of urea groups is 1. The van der Waals surface area contributed by atoms with Crippen LogP contribution in [-0.2, 0) is 0 Å². The molecule has 2 amide bonds. The van der Waals surface area contributed by atoms with Gasteiger partial charge in [-0.3, -0.25) is 0 Å². The van der Waals surface area contributed by atoms with Gasteiger partial charge >= 0.3 is 6.03 Å². The van der Waals surface area contributed by atoms with Crippen LogP contribution in [0.3, 0.4) is 0 Å². The number of aliphatic imine (C=N–C) groups is 3. The summed E-state index contributed by atoms with van der Waals surface area (Å²) >= 11 is 0. The third-order valence-electron chi connectivity index (χ3n) is 2.60. The molecule has 2 rings (SSSR count). The quantitative estimate of drug-likeness (QED) is 0.600. The molecule has 2 heterocycles. The molecule has 0 bridgehead atoms. The second-order valence-corrected chi connectivity index (χ2v) is 3.87. The van der Waals surface area contributed by atoms with Crippen LogP contribution in [0.15, 0.2) is 15.0 Å².